The average Bonchev–Trinajstić information content (AvgIpc) is 2.76. The Bertz CT molecular complexity index is 574. The van der Waals surface area contributed by atoms with E-state index in [-0.39, 0.29) is 11.9 Å². The fourth-order valence-electron chi connectivity index (χ4n) is 2.54. The van der Waals surface area contributed by atoms with Crippen LogP contribution in [0.15, 0.2) is 24.3 Å². The highest BCUT2D eigenvalue weighted by molar-refractivity contribution is 5.91. The predicted octanol–water partition coefficient (Wildman–Crippen LogP) is 1.53. The molecule has 4 heteroatoms. The second kappa shape index (κ2) is 3.89. The summed E-state index contributed by atoms with van der Waals surface area (Å²) in [5.74, 6) is -0.386. The number of carbonyl (C=O) groups excluding carboxylic acids is 1. The largest absolute Gasteiger partial charge is 0.469 e. The maximum Gasteiger partial charge on any atom is 0.314 e. The molecule has 0 aliphatic carbocycles. The summed E-state index contributed by atoms with van der Waals surface area (Å²) in [5.41, 5.74) is 3.26. The Morgan fingerprint density at radius 3 is 3.06 bits per heavy atom. The third kappa shape index (κ3) is 1.52. The van der Waals surface area contributed by atoms with Crippen LogP contribution < -0.4 is 5.32 Å². The van der Waals surface area contributed by atoms with Gasteiger partial charge in [0.05, 0.1) is 13.0 Å². The Morgan fingerprint density at radius 2 is 2.24 bits per heavy atom. The number of hydrogen-bond donors (Lipinski definition) is 2. The normalized spacial score (nSPS) is 19.0. The van der Waals surface area contributed by atoms with Crippen LogP contribution in [-0.4, -0.2) is 24.6 Å². The lowest BCUT2D eigenvalue weighted by Crippen LogP contribution is -2.32. The van der Waals surface area contributed by atoms with Gasteiger partial charge in [-0.2, -0.15) is 0 Å². The van der Waals surface area contributed by atoms with Crippen LogP contribution in [-0.2, 0) is 16.1 Å². The van der Waals surface area contributed by atoms with E-state index >= 15 is 0 Å². The second-order valence-electron chi connectivity index (χ2n) is 4.27. The molecule has 1 atom stereocenters. The highest BCUT2D eigenvalue weighted by atomic mass is 16.5. The Kier molecular flexibility index (Phi) is 2.37. The van der Waals surface area contributed by atoms with Gasteiger partial charge in [0.15, 0.2) is 0 Å². The van der Waals surface area contributed by atoms with Crippen LogP contribution >= 0.6 is 0 Å². The van der Waals surface area contributed by atoms with Gasteiger partial charge in [0, 0.05) is 29.7 Å². The fraction of sp³-hybridized carbons (Fsp3) is 0.308. The van der Waals surface area contributed by atoms with Gasteiger partial charge < -0.3 is 15.0 Å². The quantitative estimate of drug-likeness (QED) is 0.730. The molecule has 4 nitrogen and oxygen atoms in total. The van der Waals surface area contributed by atoms with Crippen molar-refractivity contribution in [3.8, 4) is 0 Å². The van der Waals surface area contributed by atoms with E-state index < -0.39 is 0 Å². The molecule has 0 spiro atoms. The van der Waals surface area contributed by atoms with Crippen LogP contribution in [0.4, 0.5) is 0 Å². The highest BCUT2D eigenvalue weighted by Gasteiger charge is 2.30. The van der Waals surface area contributed by atoms with E-state index in [2.05, 4.69) is 10.3 Å². The minimum Gasteiger partial charge on any atom is -0.469 e. The molecule has 1 aromatic carbocycles. The molecule has 0 amide bonds. The van der Waals surface area contributed by atoms with E-state index in [0.29, 0.717) is 6.54 Å². The van der Waals surface area contributed by atoms with Gasteiger partial charge in [-0.15, -0.1) is 0 Å². The molecule has 88 valence electrons. The van der Waals surface area contributed by atoms with E-state index in [1.54, 1.807) is 0 Å². The van der Waals surface area contributed by atoms with Crippen molar-refractivity contribution in [2.24, 2.45) is 0 Å². The van der Waals surface area contributed by atoms with Crippen LogP contribution in [0, 0.1) is 0 Å². The molecule has 17 heavy (non-hydrogen) atoms. The van der Waals surface area contributed by atoms with Gasteiger partial charge in [-0.1, -0.05) is 18.2 Å². The van der Waals surface area contributed by atoms with Gasteiger partial charge in [0.2, 0.25) is 0 Å². The Morgan fingerprint density at radius 1 is 1.41 bits per heavy atom. The Balaban J connectivity index is 2.20. The van der Waals surface area contributed by atoms with Crippen molar-refractivity contribution in [2.45, 2.75) is 12.5 Å². The topological polar surface area (TPSA) is 54.1 Å². The third-order valence-corrected chi connectivity index (χ3v) is 3.31. The summed E-state index contributed by atoms with van der Waals surface area (Å²) in [7, 11) is 1.44. The SMILES string of the molecule is COC(=O)C1CNCc2[nH]c3ccccc3c21. The molecule has 0 radical (unpaired) electrons. The number of rotatable bonds is 1. The van der Waals surface area contributed by atoms with E-state index in [9.17, 15) is 4.79 Å². The summed E-state index contributed by atoms with van der Waals surface area (Å²) >= 11 is 0. The van der Waals surface area contributed by atoms with Crippen molar-refractivity contribution in [2.75, 3.05) is 13.7 Å². The summed E-state index contributed by atoms with van der Waals surface area (Å²) in [4.78, 5) is 15.1. The first-order valence-electron chi connectivity index (χ1n) is 5.69. The zero-order valence-electron chi connectivity index (χ0n) is 9.62. The van der Waals surface area contributed by atoms with Gasteiger partial charge in [-0.25, -0.2) is 0 Å². The van der Waals surface area contributed by atoms with Crippen molar-refractivity contribution in [3.05, 3.63) is 35.5 Å². The maximum absolute atomic E-state index is 11.8. The molecule has 2 N–H and O–H groups in total. The van der Waals surface area contributed by atoms with Gasteiger partial charge in [0.1, 0.15) is 0 Å². The number of esters is 1. The minimum atomic E-state index is -0.208. The molecule has 2 aromatic rings. The maximum atomic E-state index is 11.8. The molecule has 0 fully saturated rings. The van der Waals surface area contributed by atoms with Gasteiger partial charge in [0.25, 0.3) is 0 Å². The van der Waals surface area contributed by atoms with E-state index in [0.717, 1.165) is 28.7 Å². The number of hydrogen-bond acceptors (Lipinski definition) is 3. The zero-order chi connectivity index (χ0) is 11.8. The number of nitrogens with one attached hydrogen (secondary N) is 2. The molecule has 0 bridgehead atoms. The number of ether oxygens (including phenoxy) is 1. The molecule has 1 unspecified atom stereocenters. The number of H-pyrrole nitrogens is 1. The standard InChI is InChI=1S/C13H14N2O2/c1-17-13(16)9-6-14-7-11-12(9)8-4-2-3-5-10(8)15-11/h2-5,9,14-15H,6-7H2,1H3. The lowest BCUT2D eigenvalue weighted by atomic mass is 9.93. The van der Waals surface area contributed by atoms with Crippen LogP contribution in [0.25, 0.3) is 10.9 Å². The molecule has 1 aliphatic rings. The minimum absolute atomic E-state index is 0.178. The lowest BCUT2D eigenvalue weighted by Gasteiger charge is -2.21. The van der Waals surface area contributed by atoms with Gasteiger partial charge >= 0.3 is 5.97 Å². The molecule has 0 saturated heterocycles. The third-order valence-electron chi connectivity index (χ3n) is 3.31. The number of para-hydroxylation sites is 1. The van der Waals surface area contributed by atoms with Crippen molar-refractivity contribution < 1.29 is 9.53 Å². The van der Waals surface area contributed by atoms with Crippen LogP contribution in [0.1, 0.15) is 17.2 Å². The van der Waals surface area contributed by atoms with Crippen molar-refractivity contribution in [1.29, 1.82) is 0 Å². The fourth-order valence-corrected chi connectivity index (χ4v) is 2.54. The number of fused-ring (bicyclic) bond motifs is 3. The Hall–Kier alpha value is -1.81. The average molecular weight is 230 g/mol. The first-order valence-corrected chi connectivity index (χ1v) is 5.69. The summed E-state index contributed by atoms with van der Waals surface area (Å²) in [5, 5.41) is 4.36. The van der Waals surface area contributed by atoms with Crippen LogP contribution in [0.5, 0.6) is 0 Å². The van der Waals surface area contributed by atoms with E-state index in [1.807, 2.05) is 24.3 Å². The first kappa shape index (κ1) is 10.4. The number of aromatic amines is 1. The monoisotopic (exact) mass is 230 g/mol. The molecular weight excluding hydrogens is 216 g/mol. The molecule has 2 heterocycles. The smallest absolute Gasteiger partial charge is 0.314 e. The number of aromatic nitrogens is 1. The van der Waals surface area contributed by atoms with Crippen LogP contribution in [0.3, 0.4) is 0 Å². The van der Waals surface area contributed by atoms with Crippen molar-refractivity contribution in [3.63, 3.8) is 0 Å². The van der Waals surface area contributed by atoms with Crippen LogP contribution in [0.2, 0.25) is 0 Å². The van der Waals surface area contributed by atoms with Crippen molar-refractivity contribution in [1.82, 2.24) is 10.3 Å². The number of benzene rings is 1. The second-order valence-corrected chi connectivity index (χ2v) is 4.27. The molecular formula is C13H14N2O2. The van der Waals surface area contributed by atoms with E-state index in [1.165, 1.54) is 7.11 Å². The summed E-state index contributed by atoms with van der Waals surface area (Å²) in [6.07, 6.45) is 0. The van der Waals surface area contributed by atoms with Gasteiger partial charge in [-0.05, 0) is 11.6 Å². The zero-order valence-corrected chi connectivity index (χ0v) is 9.62. The lowest BCUT2D eigenvalue weighted by molar-refractivity contribution is -0.142. The predicted molar refractivity (Wildman–Crippen MR) is 64.8 cm³/mol. The highest BCUT2D eigenvalue weighted by Crippen LogP contribution is 2.32. The molecule has 1 aromatic heterocycles. The summed E-state index contributed by atoms with van der Waals surface area (Å²) in [6, 6.07) is 8.06. The number of methoxy groups -OCH3 is 1. The molecule has 1 aliphatic heterocycles. The van der Waals surface area contributed by atoms with Crippen molar-refractivity contribution >= 4 is 16.9 Å². The molecule has 3 rings (SSSR count). The summed E-state index contributed by atoms with van der Waals surface area (Å²) in [6.45, 7) is 1.42. The Labute approximate surface area is 99.0 Å². The summed E-state index contributed by atoms with van der Waals surface area (Å²) < 4.78 is 4.87. The molecule has 0 saturated carbocycles. The number of carbonyl (C=O) groups is 1. The van der Waals surface area contributed by atoms with E-state index in [4.69, 9.17) is 4.74 Å². The van der Waals surface area contributed by atoms with Gasteiger partial charge in [-0.3, -0.25) is 4.79 Å². The first-order chi connectivity index (χ1) is 8.31.